The maximum absolute atomic E-state index is 10.7. The average molecular weight is 236 g/mol. The van der Waals surface area contributed by atoms with Crippen LogP contribution in [0.1, 0.15) is 6.92 Å². The summed E-state index contributed by atoms with van der Waals surface area (Å²) in [5.41, 5.74) is 0. The van der Waals surface area contributed by atoms with Crippen LogP contribution in [0.4, 0.5) is 0 Å². The van der Waals surface area contributed by atoms with Gasteiger partial charge in [-0.25, -0.2) is 0 Å². The van der Waals surface area contributed by atoms with Gasteiger partial charge in [0.25, 0.3) is 0 Å². The Bertz CT molecular complexity index is 143. The van der Waals surface area contributed by atoms with Gasteiger partial charge in [-0.1, -0.05) is 4.52 Å². The summed E-state index contributed by atoms with van der Waals surface area (Å²) in [6.45, 7) is 1.36. The Hall–Kier alpha value is 0.560. The fourth-order valence-electron chi connectivity index (χ4n) is 0.341. The van der Waals surface area contributed by atoms with E-state index in [0.29, 0.717) is 0 Å². The molecule has 0 saturated carbocycles. The highest BCUT2D eigenvalue weighted by atomic mass is 35.5. The zero-order chi connectivity index (χ0) is 9.56. The zero-order valence-corrected chi connectivity index (χ0v) is 8.85. The molecule has 3 unspecified atom stereocenters. The topological polar surface area (TPSA) is 55.8 Å². The first-order chi connectivity index (χ1) is 5.56. The second kappa shape index (κ2) is 7.01. The van der Waals surface area contributed by atoms with E-state index < -0.39 is 19.9 Å². The van der Waals surface area contributed by atoms with E-state index in [1.807, 2.05) is 0 Å². The quantitative estimate of drug-likeness (QED) is 0.434. The molecule has 72 valence electrons. The Morgan fingerprint density at radius 1 is 1.67 bits per heavy atom. The largest absolute Gasteiger partial charge is 0.700 e. The first-order valence-electron chi connectivity index (χ1n) is 3.21. The number of halogens is 2. The molecule has 7 heteroatoms. The normalized spacial score (nSPS) is 17.2. The molecule has 0 amide bonds. The second-order valence-electron chi connectivity index (χ2n) is 1.98. The summed E-state index contributed by atoms with van der Waals surface area (Å²) in [6, 6.07) is 0. The number of aliphatic hydroxyl groups is 1. The molecular weight excluding hydrogens is 226 g/mol. The van der Waals surface area contributed by atoms with Gasteiger partial charge < -0.3 is 5.11 Å². The molecule has 12 heavy (non-hydrogen) atoms. The monoisotopic (exact) mass is 235 g/mol. The van der Waals surface area contributed by atoms with Crippen molar-refractivity contribution >= 4 is 31.5 Å². The summed E-state index contributed by atoms with van der Waals surface area (Å²) in [4.78, 5) is 0. The van der Waals surface area contributed by atoms with E-state index in [9.17, 15) is 4.57 Å². The minimum atomic E-state index is -2.30. The second-order valence-corrected chi connectivity index (χ2v) is 3.82. The molecule has 0 aliphatic carbocycles. The van der Waals surface area contributed by atoms with Gasteiger partial charge in [0.15, 0.2) is 0 Å². The molecule has 0 radical (unpaired) electrons. The summed E-state index contributed by atoms with van der Waals surface area (Å²) in [5.74, 6) is 0.208. The predicted octanol–water partition coefficient (Wildman–Crippen LogP) is 1.86. The van der Waals surface area contributed by atoms with Crippen LogP contribution in [0.2, 0.25) is 0 Å². The molecule has 4 nitrogen and oxygen atoms in total. The van der Waals surface area contributed by atoms with Crippen molar-refractivity contribution in [2.75, 3.05) is 12.5 Å². The van der Waals surface area contributed by atoms with Crippen molar-refractivity contribution in [3.8, 4) is 0 Å². The van der Waals surface area contributed by atoms with Gasteiger partial charge in [-0.3, -0.25) is 0 Å². The Labute approximate surface area is 81.7 Å². The Morgan fingerprint density at radius 2 is 2.25 bits per heavy atom. The molecule has 0 heterocycles. The summed E-state index contributed by atoms with van der Waals surface area (Å²) < 4.78 is 19.7. The minimum Gasteiger partial charge on any atom is -0.364 e. The van der Waals surface area contributed by atoms with Gasteiger partial charge in [-0.05, 0) is 6.92 Å². The van der Waals surface area contributed by atoms with Crippen molar-refractivity contribution in [2.24, 2.45) is 0 Å². The zero-order valence-electron chi connectivity index (χ0n) is 6.44. The van der Waals surface area contributed by atoms with Crippen LogP contribution in [0.25, 0.3) is 0 Å². The van der Waals surface area contributed by atoms with Crippen LogP contribution in [-0.2, 0) is 13.6 Å². The lowest BCUT2D eigenvalue weighted by atomic mass is 10.5. The molecule has 0 spiro atoms. The fraction of sp³-hybridized carbons (Fsp3) is 1.00. The van der Waals surface area contributed by atoms with Crippen LogP contribution in [0, 0.1) is 0 Å². The summed E-state index contributed by atoms with van der Waals surface area (Å²) in [7, 11) is -2.30. The van der Waals surface area contributed by atoms with Crippen LogP contribution in [0.15, 0.2) is 0 Å². The van der Waals surface area contributed by atoms with Crippen molar-refractivity contribution in [3.05, 3.63) is 0 Å². The maximum Gasteiger partial charge on any atom is 0.700 e. The lowest BCUT2D eigenvalue weighted by Gasteiger charge is -1.97. The van der Waals surface area contributed by atoms with Crippen molar-refractivity contribution in [1.82, 2.24) is 0 Å². The van der Waals surface area contributed by atoms with Gasteiger partial charge in [0.05, 0.1) is 5.38 Å². The minimum absolute atomic E-state index is 0.0347. The molecule has 0 bridgehead atoms. The van der Waals surface area contributed by atoms with Gasteiger partial charge >= 0.3 is 8.25 Å². The average Bonchev–Trinajstić information content (AvgIpc) is 1.99. The number of hydrogen-bond acceptors (Lipinski definition) is 4. The highest BCUT2D eigenvalue weighted by molar-refractivity contribution is 7.33. The van der Waals surface area contributed by atoms with E-state index >= 15 is 0 Å². The van der Waals surface area contributed by atoms with E-state index in [0.717, 1.165) is 0 Å². The third-order valence-corrected chi connectivity index (χ3v) is 2.41. The smallest absolute Gasteiger partial charge is 0.364 e. The van der Waals surface area contributed by atoms with E-state index in [1.165, 1.54) is 6.92 Å². The molecule has 0 aromatic rings. The predicted molar refractivity (Wildman–Crippen MR) is 46.7 cm³/mol. The van der Waals surface area contributed by atoms with Gasteiger partial charge in [0.2, 0.25) is 6.29 Å². The van der Waals surface area contributed by atoms with Crippen molar-refractivity contribution in [3.63, 3.8) is 0 Å². The van der Waals surface area contributed by atoms with Crippen LogP contribution < -0.4 is 0 Å². The molecule has 1 N–H and O–H groups in total. The summed E-state index contributed by atoms with van der Waals surface area (Å²) in [5, 5.41) is 8.20. The molecule has 0 aliphatic heterocycles. The molecule has 0 saturated heterocycles. The SMILES string of the molecule is CC(O)O[P+](=O)OCC(Cl)CCl. The van der Waals surface area contributed by atoms with Gasteiger partial charge in [0, 0.05) is 10.4 Å². The van der Waals surface area contributed by atoms with Crippen LogP contribution in [0.5, 0.6) is 0 Å². The number of aliphatic hydroxyl groups excluding tert-OH is 1. The first-order valence-corrected chi connectivity index (χ1v) is 5.28. The van der Waals surface area contributed by atoms with Crippen molar-refractivity contribution in [1.29, 1.82) is 0 Å². The fourth-order valence-corrected chi connectivity index (χ4v) is 1.19. The first kappa shape index (κ1) is 12.6. The van der Waals surface area contributed by atoms with Gasteiger partial charge in [-0.15, -0.1) is 27.7 Å². The highest BCUT2D eigenvalue weighted by Gasteiger charge is 2.24. The molecule has 3 atom stereocenters. The van der Waals surface area contributed by atoms with Crippen LogP contribution in [-0.4, -0.2) is 29.3 Å². The van der Waals surface area contributed by atoms with Crippen LogP contribution >= 0.6 is 31.5 Å². The molecule has 0 aliphatic rings. The summed E-state index contributed by atoms with van der Waals surface area (Å²) in [6.07, 6.45) is -1.11. The van der Waals surface area contributed by atoms with Gasteiger partial charge in [-0.2, -0.15) is 0 Å². The van der Waals surface area contributed by atoms with Crippen molar-refractivity contribution in [2.45, 2.75) is 18.6 Å². The van der Waals surface area contributed by atoms with Crippen molar-refractivity contribution < 1.29 is 18.7 Å². The molecule has 0 fully saturated rings. The molecule has 0 aromatic heterocycles. The standard InChI is InChI=1S/C5H10Cl2O4P/c1-4(8)11-12(9)10-3-5(7)2-6/h4-5,8H,2-3H2,1H3/q+1. The number of alkyl halides is 2. The molecular formula is C5H10Cl2O4P+. The number of rotatable bonds is 6. The Kier molecular flexibility index (Phi) is 7.34. The maximum atomic E-state index is 10.7. The third-order valence-electron chi connectivity index (χ3n) is 0.767. The van der Waals surface area contributed by atoms with Crippen LogP contribution in [0.3, 0.4) is 0 Å². The van der Waals surface area contributed by atoms with Gasteiger partial charge in [0.1, 0.15) is 6.61 Å². The van der Waals surface area contributed by atoms with E-state index in [1.54, 1.807) is 0 Å². The lowest BCUT2D eigenvalue weighted by Crippen LogP contribution is -2.09. The Balaban J connectivity index is 3.44. The number of hydrogen-bond donors (Lipinski definition) is 1. The highest BCUT2D eigenvalue weighted by Crippen LogP contribution is 2.25. The molecule has 0 aromatic carbocycles. The third kappa shape index (κ3) is 7.22. The summed E-state index contributed by atoms with van der Waals surface area (Å²) >= 11 is 10.9. The lowest BCUT2D eigenvalue weighted by molar-refractivity contribution is -0.00606. The van der Waals surface area contributed by atoms with E-state index in [-0.39, 0.29) is 12.5 Å². The van der Waals surface area contributed by atoms with E-state index in [4.69, 9.17) is 28.3 Å². The van der Waals surface area contributed by atoms with E-state index in [2.05, 4.69) is 9.05 Å². The Morgan fingerprint density at radius 3 is 2.67 bits per heavy atom. The molecule has 0 rings (SSSR count).